The summed E-state index contributed by atoms with van der Waals surface area (Å²) in [6.45, 7) is 4.35. The zero-order valence-corrected chi connectivity index (χ0v) is 17.0. The molecule has 1 aromatic carbocycles. The molecule has 4 rings (SSSR count). The summed E-state index contributed by atoms with van der Waals surface area (Å²) in [5, 5.41) is 3.39. The molecule has 1 N–H and O–H groups in total. The molecule has 1 aromatic heterocycles. The lowest BCUT2D eigenvalue weighted by Crippen LogP contribution is -2.35. The number of hydrogen-bond acceptors (Lipinski definition) is 6. The van der Waals surface area contributed by atoms with E-state index in [1.807, 2.05) is 24.3 Å². The molecule has 0 bridgehead atoms. The number of methoxy groups -OCH3 is 1. The Bertz CT molecular complexity index is 920. The maximum absolute atomic E-state index is 12.8. The van der Waals surface area contributed by atoms with E-state index in [1.165, 1.54) is 4.90 Å². The van der Waals surface area contributed by atoms with Crippen LogP contribution in [0.4, 0.5) is 0 Å². The molecule has 0 radical (unpaired) electrons. The average molecular weight is 413 g/mol. The van der Waals surface area contributed by atoms with Crippen molar-refractivity contribution < 1.29 is 18.7 Å². The van der Waals surface area contributed by atoms with Crippen LogP contribution in [0.1, 0.15) is 16.9 Å². The minimum absolute atomic E-state index is 0.169. The highest BCUT2D eigenvalue weighted by molar-refractivity contribution is 7.80. The van der Waals surface area contributed by atoms with Gasteiger partial charge < -0.3 is 19.2 Å². The number of nitrogens with zero attached hydrogens (tertiary/aromatic N) is 2. The lowest BCUT2D eigenvalue weighted by Gasteiger charge is -2.27. The van der Waals surface area contributed by atoms with Crippen LogP contribution in [0.5, 0.6) is 5.75 Å². The molecular weight excluding hydrogens is 390 g/mol. The number of furan rings is 1. The normalized spacial score (nSPS) is 19.1. The molecule has 29 heavy (non-hydrogen) atoms. The van der Waals surface area contributed by atoms with E-state index in [9.17, 15) is 4.79 Å². The van der Waals surface area contributed by atoms with Crippen LogP contribution < -0.4 is 10.1 Å². The largest absolute Gasteiger partial charge is 0.496 e. The van der Waals surface area contributed by atoms with Gasteiger partial charge in [-0.2, -0.15) is 0 Å². The van der Waals surface area contributed by atoms with Crippen molar-refractivity contribution in [3.05, 3.63) is 59.2 Å². The van der Waals surface area contributed by atoms with E-state index in [4.69, 9.17) is 26.1 Å². The van der Waals surface area contributed by atoms with Crippen molar-refractivity contribution in [1.82, 2.24) is 15.1 Å². The summed E-state index contributed by atoms with van der Waals surface area (Å²) >= 11 is 5.33. The first-order valence-corrected chi connectivity index (χ1v) is 9.89. The molecule has 1 amide bonds. The Labute approximate surface area is 174 Å². The van der Waals surface area contributed by atoms with Crippen molar-refractivity contribution in [3.63, 3.8) is 0 Å². The van der Waals surface area contributed by atoms with Gasteiger partial charge in [0.25, 0.3) is 5.91 Å². The predicted molar refractivity (Wildman–Crippen MR) is 112 cm³/mol. The maximum Gasteiger partial charge on any atom is 0.276 e. The van der Waals surface area contributed by atoms with Crippen LogP contribution in [0.25, 0.3) is 6.08 Å². The van der Waals surface area contributed by atoms with E-state index in [2.05, 4.69) is 16.3 Å². The Balaban J connectivity index is 1.53. The van der Waals surface area contributed by atoms with Crippen LogP contribution in [0.2, 0.25) is 0 Å². The fourth-order valence-electron chi connectivity index (χ4n) is 3.45. The first-order chi connectivity index (χ1) is 14.1. The van der Waals surface area contributed by atoms with Gasteiger partial charge in [0.05, 0.1) is 33.1 Å². The van der Waals surface area contributed by atoms with E-state index in [-0.39, 0.29) is 5.91 Å². The van der Waals surface area contributed by atoms with Gasteiger partial charge in [-0.3, -0.25) is 14.6 Å². The van der Waals surface area contributed by atoms with Crippen molar-refractivity contribution in [2.75, 3.05) is 33.4 Å². The number of carbonyl (C=O) groups excluding carboxylic acids is 1. The van der Waals surface area contributed by atoms with Gasteiger partial charge in [0, 0.05) is 25.2 Å². The lowest BCUT2D eigenvalue weighted by atomic mass is 10.1. The third kappa shape index (κ3) is 4.50. The average Bonchev–Trinajstić information content (AvgIpc) is 3.33. The summed E-state index contributed by atoms with van der Waals surface area (Å²) in [7, 11) is 1.67. The minimum Gasteiger partial charge on any atom is -0.496 e. The molecule has 2 fully saturated rings. The smallest absolute Gasteiger partial charge is 0.276 e. The van der Waals surface area contributed by atoms with Crippen LogP contribution >= 0.6 is 12.2 Å². The summed E-state index contributed by atoms with van der Waals surface area (Å²) in [5.74, 6) is 1.34. The highest BCUT2D eigenvalue weighted by atomic mass is 32.1. The molecule has 3 heterocycles. The van der Waals surface area contributed by atoms with Crippen molar-refractivity contribution >= 4 is 29.3 Å². The fraction of sp³-hybridized carbons (Fsp3) is 0.333. The summed E-state index contributed by atoms with van der Waals surface area (Å²) in [5.41, 5.74) is 2.43. The maximum atomic E-state index is 12.8. The highest BCUT2D eigenvalue weighted by Crippen LogP contribution is 2.24. The van der Waals surface area contributed by atoms with Crippen LogP contribution in [-0.4, -0.2) is 54.2 Å². The number of morpholine rings is 1. The van der Waals surface area contributed by atoms with Crippen LogP contribution in [0.3, 0.4) is 0 Å². The Kier molecular flexibility index (Phi) is 5.94. The number of thiocarbonyl (C=S) groups is 1. The first kappa shape index (κ1) is 19.6. The Morgan fingerprint density at radius 2 is 2.07 bits per heavy atom. The molecule has 2 saturated heterocycles. The van der Waals surface area contributed by atoms with E-state index >= 15 is 0 Å². The number of hydrogen-bond donors (Lipinski definition) is 1. The molecule has 152 valence electrons. The third-order valence-corrected chi connectivity index (χ3v) is 5.29. The van der Waals surface area contributed by atoms with Crippen LogP contribution in [-0.2, 0) is 22.6 Å². The quantitative estimate of drug-likeness (QED) is 0.576. The lowest BCUT2D eigenvalue weighted by molar-refractivity contribution is -0.122. The number of benzene rings is 1. The van der Waals surface area contributed by atoms with Crippen LogP contribution in [0, 0.1) is 0 Å². The second-order valence-electron chi connectivity index (χ2n) is 6.92. The monoisotopic (exact) mass is 413 g/mol. The van der Waals surface area contributed by atoms with Gasteiger partial charge in [0.2, 0.25) is 0 Å². The molecule has 0 saturated carbocycles. The number of nitrogens with one attached hydrogen (secondary N) is 1. The zero-order chi connectivity index (χ0) is 20.2. The molecular formula is C21H23N3O4S. The van der Waals surface area contributed by atoms with Gasteiger partial charge in [-0.05, 0) is 48.1 Å². The van der Waals surface area contributed by atoms with E-state index in [1.54, 1.807) is 19.4 Å². The zero-order valence-electron chi connectivity index (χ0n) is 16.2. The van der Waals surface area contributed by atoms with Gasteiger partial charge in [0.1, 0.15) is 17.2 Å². The van der Waals surface area contributed by atoms with Gasteiger partial charge in [0.15, 0.2) is 5.11 Å². The van der Waals surface area contributed by atoms with Crippen molar-refractivity contribution in [2.24, 2.45) is 0 Å². The summed E-state index contributed by atoms with van der Waals surface area (Å²) in [6, 6.07) is 9.52. The van der Waals surface area contributed by atoms with E-state index in [0.717, 1.165) is 49.7 Å². The first-order valence-electron chi connectivity index (χ1n) is 9.48. The standard InChI is InChI=1S/C21H23N3O4S/c1-26-19-5-4-15(11-16(19)13-23-6-9-27-10-7-23)12-18-20(25)24(21(29)22-18)14-17-3-2-8-28-17/h2-5,8,11-12H,6-7,9-10,13-14H2,1H3,(H,22,29)/b18-12+. The molecule has 7 nitrogen and oxygen atoms in total. The Hall–Kier alpha value is -2.68. The van der Waals surface area contributed by atoms with Crippen molar-refractivity contribution in [3.8, 4) is 5.75 Å². The SMILES string of the molecule is COc1ccc(/C=C2/NC(=S)N(Cc3ccco3)C2=O)cc1CN1CCOCC1. The van der Waals surface area contributed by atoms with Gasteiger partial charge in [-0.1, -0.05) is 6.07 Å². The van der Waals surface area contributed by atoms with E-state index in [0.29, 0.717) is 23.1 Å². The van der Waals surface area contributed by atoms with Crippen LogP contribution in [0.15, 0.2) is 46.7 Å². The molecule has 2 aliphatic rings. The minimum atomic E-state index is -0.169. The second kappa shape index (κ2) is 8.77. The summed E-state index contributed by atoms with van der Waals surface area (Å²) in [4.78, 5) is 16.6. The number of carbonyl (C=O) groups is 1. The Morgan fingerprint density at radius 1 is 1.24 bits per heavy atom. The molecule has 0 atom stereocenters. The predicted octanol–water partition coefficient (Wildman–Crippen LogP) is 2.38. The second-order valence-corrected chi connectivity index (χ2v) is 7.31. The number of ether oxygens (including phenoxy) is 2. The number of rotatable bonds is 6. The van der Waals surface area contributed by atoms with Crippen molar-refractivity contribution in [2.45, 2.75) is 13.1 Å². The molecule has 2 aliphatic heterocycles. The molecule has 0 unspecified atom stereocenters. The van der Waals surface area contributed by atoms with Gasteiger partial charge in [-0.15, -0.1) is 0 Å². The summed E-state index contributed by atoms with van der Waals surface area (Å²) in [6.07, 6.45) is 3.40. The fourth-order valence-corrected chi connectivity index (χ4v) is 3.71. The Morgan fingerprint density at radius 3 is 2.79 bits per heavy atom. The van der Waals surface area contributed by atoms with Gasteiger partial charge >= 0.3 is 0 Å². The summed E-state index contributed by atoms with van der Waals surface area (Å²) < 4.78 is 16.3. The third-order valence-electron chi connectivity index (χ3n) is 4.97. The molecule has 0 spiro atoms. The molecule has 0 aliphatic carbocycles. The molecule has 2 aromatic rings. The van der Waals surface area contributed by atoms with Crippen molar-refractivity contribution in [1.29, 1.82) is 0 Å². The molecule has 8 heteroatoms. The van der Waals surface area contributed by atoms with Gasteiger partial charge in [-0.25, -0.2) is 0 Å². The number of amides is 1. The van der Waals surface area contributed by atoms with E-state index < -0.39 is 0 Å². The highest BCUT2D eigenvalue weighted by Gasteiger charge is 2.31. The topological polar surface area (TPSA) is 67.2 Å².